The second kappa shape index (κ2) is 17.6. The van der Waals surface area contributed by atoms with Gasteiger partial charge in [0.05, 0.1) is 18.1 Å². The highest BCUT2D eigenvalue weighted by Crippen LogP contribution is 2.40. The molecule has 0 aliphatic carbocycles. The van der Waals surface area contributed by atoms with E-state index >= 15 is 0 Å². The van der Waals surface area contributed by atoms with Gasteiger partial charge in [-0.3, -0.25) is 4.79 Å². The van der Waals surface area contributed by atoms with Crippen molar-refractivity contribution >= 4 is 34.8 Å². The van der Waals surface area contributed by atoms with Crippen molar-refractivity contribution in [2.75, 3.05) is 21.2 Å². The molecule has 0 spiro atoms. The van der Waals surface area contributed by atoms with Crippen LogP contribution in [0.25, 0.3) is 11.0 Å². The Balaban J connectivity index is 0.000000493. The predicted molar refractivity (Wildman–Crippen MR) is 154 cm³/mol. The number of methoxy groups -OCH3 is 1. The van der Waals surface area contributed by atoms with Crippen LogP contribution in [0.5, 0.6) is 23.0 Å². The third kappa shape index (κ3) is 11.6. The van der Waals surface area contributed by atoms with Crippen molar-refractivity contribution in [2.45, 2.75) is 37.1 Å². The number of phenols is 1. The Kier molecular flexibility index (Phi) is 14.9. The Hall–Kier alpha value is -5.48. The van der Waals surface area contributed by atoms with Crippen molar-refractivity contribution in [1.29, 1.82) is 0 Å². The van der Waals surface area contributed by atoms with E-state index < -0.39 is 71.4 Å². The number of aliphatic hydroxyl groups is 4. The molecule has 3 aromatic rings. The average Bonchev–Trinajstić information content (AvgIpc) is 3.02. The molecule has 2 aromatic carbocycles. The number of fused-ring (bicyclic) bond motifs is 1. The summed E-state index contributed by atoms with van der Waals surface area (Å²) in [5.74, 6) is -9.41. The summed E-state index contributed by atoms with van der Waals surface area (Å²) in [5, 5.41) is 75.0. The molecule has 9 N–H and O–H groups in total. The molecule has 49 heavy (non-hydrogen) atoms. The second-order valence-electron chi connectivity index (χ2n) is 9.67. The Labute approximate surface area is 271 Å². The van der Waals surface area contributed by atoms with Gasteiger partial charge in [-0.25, -0.2) is 19.2 Å². The van der Waals surface area contributed by atoms with E-state index in [-0.39, 0.29) is 34.6 Å². The molecule has 21 heteroatoms. The van der Waals surface area contributed by atoms with Gasteiger partial charge in [0.2, 0.25) is 11.2 Å². The van der Waals surface area contributed by atoms with Crippen molar-refractivity contribution < 1.29 is 92.2 Å². The first kappa shape index (κ1) is 41.5. The lowest BCUT2D eigenvalue weighted by molar-refractivity contribution is -0.165. The van der Waals surface area contributed by atoms with Crippen molar-refractivity contribution in [3.63, 3.8) is 0 Å². The lowest BCUT2D eigenvalue weighted by atomic mass is 10.1. The Morgan fingerprint density at radius 1 is 0.776 bits per heavy atom. The van der Waals surface area contributed by atoms with Gasteiger partial charge in [0.1, 0.15) is 22.8 Å². The Bertz CT molecular complexity index is 1620. The normalized spacial score (nSPS) is 13.4. The van der Waals surface area contributed by atoms with Crippen LogP contribution in [0, 0.1) is 0 Å². The largest absolute Gasteiger partial charge is 0.507 e. The number of hydrogen-bond acceptors (Lipinski definition) is 14. The van der Waals surface area contributed by atoms with Gasteiger partial charge in [-0.2, -0.15) is 13.2 Å². The van der Waals surface area contributed by atoms with Crippen LogP contribution in [0.2, 0.25) is 0 Å². The number of carbonyl (C=O) groups is 4. The van der Waals surface area contributed by atoms with Gasteiger partial charge >= 0.3 is 30.1 Å². The van der Waals surface area contributed by atoms with Crippen LogP contribution in [-0.4, -0.2) is 120 Å². The number of alkyl halides is 3. The molecule has 1 aromatic heterocycles. The molecule has 0 fully saturated rings. The number of hydrogen-bond donors (Lipinski definition) is 9. The summed E-state index contributed by atoms with van der Waals surface area (Å²) in [7, 11) is 4.78. The standard InChI is InChI=1S/C20H18F3NO5.2C4H6O6/c1-24(2)10-14-15(25)9-8-13-16(26)18(19(20(21,22)23)29-17(13)14)28-12-6-4-11(27-3)5-7-12;2*5-1(3(7)8)2(6)4(9)10/h4-9,25H,10H2,1-3H3;2*1-2,5-6H,(H,7,8)(H,9,10). The number of carboxylic acid groups (broad SMARTS) is 4. The minimum atomic E-state index is -4.99. The zero-order valence-electron chi connectivity index (χ0n) is 25.4. The molecule has 0 saturated carbocycles. The van der Waals surface area contributed by atoms with E-state index in [4.69, 9.17) is 54.7 Å². The molecule has 0 saturated heterocycles. The summed E-state index contributed by atoms with van der Waals surface area (Å²) < 4.78 is 56.4. The molecular weight excluding hydrogens is 679 g/mol. The molecule has 18 nitrogen and oxygen atoms in total. The summed E-state index contributed by atoms with van der Waals surface area (Å²) in [6.45, 7) is 0.0715. The van der Waals surface area contributed by atoms with Crippen LogP contribution < -0.4 is 14.9 Å². The van der Waals surface area contributed by atoms with Crippen LogP contribution in [0.4, 0.5) is 13.2 Å². The summed E-state index contributed by atoms with van der Waals surface area (Å²) in [5.41, 5.74) is -1.25. The number of halogens is 3. The number of aliphatic carboxylic acids is 4. The smallest absolute Gasteiger partial charge is 0.453 e. The fourth-order valence-corrected chi connectivity index (χ4v) is 3.34. The molecular formula is C28H30F3NO17. The lowest BCUT2D eigenvalue weighted by Gasteiger charge is -2.17. The maximum atomic E-state index is 13.7. The van der Waals surface area contributed by atoms with Crippen molar-refractivity contribution in [2.24, 2.45) is 0 Å². The number of rotatable bonds is 11. The minimum absolute atomic E-state index is 0.00948. The fourth-order valence-electron chi connectivity index (χ4n) is 3.34. The summed E-state index contributed by atoms with van der Waals surface area (Å²) >= 11 is 0. The maximum absolute atomic E-state index is 13.7. The lowest BCUT2D eigenvalue weighted by Crippen LogP contribution is -2.39. The van der Waals surface area contributed by atoms with Crippen LogP contribution in [0.3, 0.4) is 0 Å². The molecule has 270 valence electrons. The quantitative estimate of drug-likeness (QED) is 0.128. The number of aliphatic hydroxyl groups excluding tert-OH is 4. The average molecular weight is 710 g/mol. The molecule has 0 aliphatic rings. The maximum Gasteiger partial charge on any atom is 0.453 e. The van der Waals surface area contributed by atoms with Crippen LogP contribution in [0.15, 0.2) is 45.6 Å². The third-order valence-electron chi connectivity index (χ3n) is 5.72. The molecule has 0 radical (unpaired) electrons. The third-order valence-corrected chi connectivity index (χ3v) is 5.72. The van der Waals surface area contributed by atoms with Crippen molar-refractivity contribution in [3.05, 3.63) is 57.9 Å². The second-order valence-corrected chi connectivity index (χ2v) is 9.67. The van der Waals surface area contributed by atoms with E-state index in [1.807, 2.05) is 0 Å². The number of ether oxygens (including phenoxy) is 2. The van der Waals surface area contributed by atoms with Gasteiger partial charge in [0.15, 0.2) is 24.4 Å². The van der Waals surface area contributed by atoms with E-state index in [2.05, 4.69) is 0 Å². The number of benzene rings is 2. The minimum Gasteiger partial charge on any atom is -0.507 e. The van der Waals surface area contributed by atoms with E-state index in [0.29, 0.717) is 5.75 Å². The van der Waals surface area contributed by atoms with Gasteiger partial charge in [-0.15, -0.1) is 0 Å². The van der Waals surface area contributed by atoms with Gasteiger partial charge in [-0.05, 0) is 50.5 Å². The van der Waals surface area contributed by atoms with E-state index in [9.17, 15) is 42.3 Å². The first-order valence-electron chi connectivity index (χ1n) is 13.0. The van der Waals surface area contributed by atoms with Gasteiger partial charge in [-0.1, -0.05) is 0 Å². The van der Waals surface area contributed by atoms with Crippen LogP contribution in [0.1, 0.15) is 11.3 Å². The van der Waals surface area contributed by atoms with E-state index in [1.165, 1.54) is 43.5 Å². The van der Waals surface area contributed by atoms with E-state index in [0.717, 1.165) is 0 Å². The first-order chi connectivity index (χ1) is 22.5. The van der Waals surface area contributed by atoms with Crippen molar-refractivity contribution in [3.8, 4) is 23.0 Å². The summed E-state index contributed by atoms with van der Waals surface area (Å²) in [6, 6.07) is 8.16. The molecule has 1 heterocycles. The molecule has 4 atom stereocenters. The number of nitrogens with zero attached hydrogens (tertiary/aromatic N) is 1. The van der Waals surface area contributed by atoms with Crippen LogP contribution in [-0.2, 0) is 31.9 Å². The highest BCUT2D eigenvalue weighted by Gasteiger charge is 2.41. The van der Waals surface area contributed by atoms with Crippen molar-refractivity contribution in [1.82, 2.24) is 4.90 Å². The Morgan fingerprint density at radius 2 is 1.18 bits per heavy atom. The zero-order valence-corrected chi connectivity index (χ0v) is 25.4. The summed E-state index contributed by atoms with van der Waals surface area (Å²) in [4.78, 5) is 53.6. The SMILES string of the molecule is COc1ccc(Oc2c(C(F)(F)F)oc3c(CN(C)C)c(O)ccc3c2=O)cc1.O=C(O)C(O)C(O)C(=O)O.O=C(O)C(O)C(O)C(=O)O. The topological polar surface area (TPSA) is 302 Å². The number of phenolic OH excluding ortho intramolecular Hbond substituents is 1. The fraction of sp³-hybridized carbons (Fsp3) is 0.321. The predicted octanol–water partition coefficient (Wildman–Crippen LogP) is 0.135. The first-order valence-corrected chi connectivity index (χ1v) is 13.0. The highest BCUT2D eigenvalue weighted by atomic mass is 19.4. The van der Waals surface area contributed by atoms with Crippen LogP contribution >= 0.6 is 0 Å². The molecule has 0 aliphatic heterocycles. The zero-order chi connectivity index (χ0) is 38.0. The molecule has 0 amide bonds. The molecule has 4 unspecified atom stereocenters. The highest BCUT2D eigenvalue weighted by molar-refractivity contribution is 5.84. The Morgan fingerprint density at radius 3 is 1.53 bits per heavy atom. The number of carboxylic acids is 4. The summed E-state index contributed by atoms with van der Waals surface area (Å²) in [6.07, 6.45) is -14.1. The monoisotopic (exact) mass is 709 g/mol. The molecule has 3 rings (SSSR count). The van der Waals surface area contributed by atoms with Gasteiger partial charge in [0.25, 0.3) is 5.76 Å². The van der Waals surface area contributed by atoms with E-state index in [1.54, 1.807) is 19.0 Å². The van der Waals surface area contributed by atoms with Gasteiger partial charge < -0.3 is 64.7 Å². The molecule has 0 bridgehead atoms. The van der Waals surface area contributed by atoms with Gasteiger partial charge in [0, 0.05) is 6.54 Å². The number of aromatic hydroxyl groups is 1.